The van der Waals surface area contributed by atoms with Gasteiger partial charge in [0.1, 0.15) is 5.82 Å². The molecule has 2 aromatic rings. The summed E-state index contributed by atoms with van der Waals surface area (Å²) < 4.78 is 14.3. The maximum Gasteiger partial charge on any atom is 0.134 e. The number of rotatable bonds is 11. The molecule has 1 atom stereocenters. The maximum absolute atomic E-state index is 14.3. The van der Waals surface area contributed by atoms with Crippen molar-refractivity contribution in [2.45, 2.75) is 39.0 Å². The lowest BCUT2D eigenvalue weighted by atomic mass is 9.94. The van der Waals surface area contributed by atoms with Crippen molar-refractivity contribution in [3.8, 4) is 0 Å². The Bertz CT molecular complexity index is 929. The summed E-state index contributed by atoms with van der Waals surface area (Å²) >= 11 is 0. The van der Waals surface area contributed by atoms with Crippen molar-refractivity contribution in [1.82, 2.24) is 4.90 Å². The molecule has 5 heteroatoms. The molecule has 1 aliphatic rings. The molecule has 0 saturated carbocycles. The van der Waals surface area contributed by atoms with Gasteiger partial charge in [0.25, 0.3) is 0 Å². The monoisotopic (exact) mass is 450 g/mol. The van der Waals surface area contributed by atoms with Gasteiger partial charge in [-0.1, -0.05) is 50.8 Å². The zero-order chi connectivity index (χ0) is 23.8. The molecule has 33 heavy (non-hydrogen) atoms. The molecule has 0 amide bonds. The molecule has 178 valence electrons. The van der Waals surface area contributed by atoms with Crippen LogP contribution in [0, 0.1) is 11.7 Å². The van der Waals surface area contributed by atoms with E-state index in [0.29, 0.717) is 11.3 Å². The lowest BCUT2D eigenvalue weighted by Crippen LogP contribution is -2.47. The van der Waals surface area contributed by atoms with E-state index in [1.54, 1.807) is 12.1 Å². The first-order valence-electron chi connectivity index (χ1n) is 12.1. The second-order valence-corrected chi connectivity index (χ2v) is 9.25. The van der Waals surface area contributed by atoms with Gasteiger partial charge >= 0.3 is 0 Å². The number of nitrogens with two attached hydrogens (primary N) is 2. The Morgan fingerprint density at radius 2 is 1.67 bits per heavy atom. The normalized spacial score (nSPS) is 15.4. The van der Waals surface area contributed by atoms with Crippen LogP contribution in [0.4, 0.5) is 10.1 Å². The molecule has 0 aliphatic carbocycles. The third-order valence-corrected chi connectivity index (χ3v) is 6.65. The Kier molecular flexibility index (Phi) is 8.95. The second-order valence-electron chi connectivity index (χ2n) is 9.25. The van der Waals surface area contributed by atoms with Crippen molar-refractivity contribution in [3.63, 3.8) is 0 Å². The van der Waals surface area contributed by atoms with Gasteiger partial charge in [-0.25, -0.2) is 4.39 Å². The summed E-state index contributed by atoms with van der Waals surface area (Å²) in [5.41, 5.74) is 16.0. The van der Waals surface area contributed by atoms with Crippen LogP contribution in [0.3, 0.4) is 0 Å². The minimum Gasteiger partial charge on any atom is -0.399 e. The average Bonchev–Trinajstić information content (AvgIpc) is 2.79. The number of hydrogen-bond donors (Lipinski definition) is 2. The summed E-state index contributed by atoms with van der Waals surface area (Å²) in [5.74, 6) is 0.421. The van der Waals surface area contributed by atoms with E-state index in [1.165, 1.54) is 31.2 Å². The number of aryl methyl sites for hydroxylation is 1. The van der Waals surface area contributed by atoms with Crippen molar-refractivity contribution >= 4 is 17.1 Å². The van der Waals surface area contributed by atoms with Crippen molar-refractivity contribution in [3.05, 3.63) is 78.1 Å². The molecule has 4 N–H and O–H groups in total. The molecule has 2 aromatic carbocycles. The van der Waals surface area contributed by atoms with E-state index in [1.807, 2.05) is 6.07 Å². The second kappa shape index (κ2) is 11.9. The topological polar surface area (TPSA) is 58.5 Å². The number of halogens is 1. The van der Waals surface area contributed by atoms with Crippen molar-refractivity contribution in [2.24, 2.45) is 17.4 Å². The van der Waals surface area contributed by atoms with Gasteiger partial charge in [0.05, 0.1) is 0 Å². The zero-order valence-corrected chi connectivity index (χ0v) is 20.0. The lowest BCUT2D eigenvalue weighted by molar-refractivity contribution is 0.205. The van der Waals surface area contributed by atoms with Gasteiger partial charge < -0.3 is 16.4 Å². The van der Waals surface area contributed by atoms with Crippen molar-refractivity contribution in [1.29, 1.82) is 0 Å². The molecule has 1 fully saturated rings. The molecule has 1 aliphatic heterocycles. The van der Waals surface area contributed by atoms with Gasteiger partial charge in [0.15, 0.2) is 0 Å². The zero-order valence-electron chi connectivity index (χ0n) is 20.0. The smallest absolute Gasteiger partial charge is 0.134 e. The van der Waals surface area contributed by atoms with E-state index in [-0.39, 0.29) is 11.5 Å². The summed E-state index contributed by atoms with van der Waals surface area (Å²) in [6.45, 7) is 14.7. The number of hydrogen-bond acceptors (Lipinski definition) is 4. The number of nitrogens with zero attached hydrogens (tertiary/aromatic N) is 2. The summed E-state index contributed by atoms with van der Waals surface area (Å²) in [6.07, 6.45) is 6.03. The number of anilines is 1. The molecule has 3 rings (SSSR count). The fraction of sp³-hybridized carbons (Fsp3) is 0.429. The SMILES string of the molecule is C=C(N)c1ccc(CCCC(CCC)CN2CCN(c3ccc(C(=C)N)c(F)c3)CC2)cc1. The predicted octanol–water partition coefficient (Wildman–Crippen LogP) is 5.25. The third kappa shape index (κ3) is 7.10. The Labute approximate surface area is 198 Å². The summed E-state index contributed by atoms with van der Waals surface area (Å²) in [7, 11) is 0. The molecular formula is C28H39FN4. The fourth-order valence-corrected chi connectivity index (χ4v) is 4.73. The first kappa shape index (κ1) is 24.8. The molecule has 1 saturated heterocycles. The van der Waals surface area contributed by atoms with Gasteiger partial charge in [-0.15, -0.1) is 0 Å². The Hall–Kier alpha value is -2.79. The minimum atomic E-state index is -0.298. The van der Waals surface area contributed by atoms with Crippen LogP contribution in [0.25, 0.3) is 11.4 Å². The van der Waals surface area contributed by atoms with E-state index in [4.69, 9.17) is 11.5 Å². The Morgan fingerprint density at radius 1 is 0.970 bits per heavy atom. The van der Waals surface area contributed by atoms with Crippen LogP contribution >= 0.6 is 0 Å². The van der Waals surface area contributed by atoms with Gasteiger partial charge in [0, 0.05) is 55.4 Å². The molecule has 0 bridgehead atoms. The summed E-state index contributed by atoms with van der Waals surface area (Å²) in [5, 5.41) is 0. The highest BCUT2D eigenvalue weighted by molar-refractivity contribution is 5.64. The third-order valence-electron chi connectivity index (χ3n) is 6.65. The van der Waals surface area contributed by atoms with E-state index in [9.17, 15) is 4.39 Å². The molecule has 0 aromatic heterocycles. The number of benzene rings is 2. The Morgan fingerprint density at radius 3 is 2.24 bits per heavy atom. The van der Waals surface area contributed by atoms with Crippen LogP contribution in [-0.4, -0.2) is 37.6 Å². The summed E-state index contributed by atoms with van der Waals surface area (Å²) in [6, 6.07) is 13.7. The van der Waals surface area contributed by atoms with Gasteiger partial charge in [-0.3, -0.25) is 4.90 Å². The van der Waals surface area contributed by atoms with Crippen LogP contribution in [0.15, 0.2) is 55.6 Å². The van der Waals surface area contributed by atoms with Crippen molar-refractivity contribution < 1.29 is 4.39 Å². The molecular weight excluding hydrogens is 411 g/mol. The van der Waals surface area contributed by atoms with Gasteiger partial charge in [-0.2, -0.15) is 0 Å². The number of piperazine rings is 1. The van der Waals surface area contributed by atoms with Gasteiger partial charge in [-0.05, 0) is 60.9 Å². The Balaban J connectivity index is 1.46. The first-order chi connectivity index (χ1) is 15.9. The van der Waals surface area contributed by atoms with Gasteiger partial charge in [0.2, 0.25) is 0 Å². The molecule has 0 radical (unpaired) electrons. The highest BCUT2D eigenvalue weighted by Gasteiger charge is 2.21. The quantitative estimate of drug-likeness (QED) is 0.491. The van der Waals surface area contributed by atoms with Crippen LogP contribution in [0.1, 0.15) is 49.3 Å². The molecule has 1 heterocycles. The van der Waals surface area contributed by atoms with Crippen LogP contribution in [0.2, 0.25) is 0 Å². The predicted molar refractivity (Wildman–Crippen MR) is 139 cm³/mol. The molecule has 1 unspecified atom stereocenters. The van der Waals surface area contributed by atoms with Crippen LogP contribution in [0.5, 0.6) is 0 Å². The maximum atomic E-state index is 14.3. The van der Waals surface area contributed by atoms with E-state index in [2.05, 4.69) is 54.1 Å². The van der Waals surface area contributed by atoms with E-state index >= 15 is 0 Å². The minimum absolute atomic E-state index is 0.268. The van der Waals surface area contributed by atoms with Crippen molar-refractivity contribution in [2.75, 3.05) is 37.6 Å². The molecule has 0 spiro atoms. The highest BCUT2D eigenvalue weighted by Crippen LogP contribution is 2.24. The lowest BCUT2D eigenvalue weighted by Gasteiger charge is -2.37. The first-order valence-corrected chi connectivity index (χ1v) is 12.1. The standard InChI is InChI=1S/C28H39FN4/c1-4-6-24(8-5-7-23-9-11-25(12-10-23)21(2)30)20-32-15-17-33(18-16-32)26-13-14-27(22(3)31)28(29)19-26/h9-14,19,24H,2-8,15-18,20,30-31H2,1H3. The fourth-order valence-electron chi connectivity index (χ4n) is 4.73. The van der Waals surface area contributed by atoms with E-state index in [0.717, 1.165) is 56.3 Å². The van der Waals surface area contributed by atoms with Crippen LogP contribution in [-0.2, 0) is 6.42 Å². The largest absolute Gasteiger partial charge is 0.399 e. The van der Waals surface area contributed by atoms with E-state index < -0.39 is 0 Å². The average molecular weight is 451 g/mol. The highest BCUT2D eigenvalue weighted by atomic mass is 19.1. The molecule has 4 nitrogen and oxygen atoms in total. The van der Waals surface area contributed by atoms with Crippen LogP contribution < -0.4 is 16.4 Å². The summed E-state index contributed by atoms with van der Waals surface area (Å²) in [4.78, 5) is 4.84.